The molecule has 2 aliphatic heterocycles. The largest absolute Gasteiger partial charge is 0.466 e. The molecule has 0 spiro atoms. The average Bonchev–Trinajstić information content (AvgIpc) is 3.21. The quantitative estimate of drug-likeness (QED) is 0.811. The molecule has 144 valence electrons. The Kier molecular flexibility index (Phi) is 5.62. The van der Waals surface area contributed by atoms with Gasteiger partial charge in [-0.05, 0) is 19.4 Å². The van der Waals surface area contributed by atoms with E-state index >= 15 is 0 Å². The van der Waals surface area contributed by atoms with Crippen LogP contribution in [0.2, 0.25) is 0 Å². The van der Waals surface area contributed by atoms with Gasteiger partial charge >= 0.3 is 11.9 Å². The number of benzene rings is 1. The smallest absolute Gasteiger partial charge is 0.336 e. The number of nitrogens with one attached hydrogen (secondary N) is 1. The zero-order chi connectivity index (χ0) is 19.6. The van der Waals surface area contributed by atoms with E-state index in [1.807, 2.05) is 24.3 Å². The number of ether oxygens (including phenoxy) is 4. The Labute approximate surface area is 157 Å². The van der Waals surface area contributed by atoms with Crippen LogP contribution in [0.4, 0.5) is 0 Å². The highest BCUT2D eigenvalue weighted by molar-refractivity contribution is 5.99. The van der Waals surface area contributed by atoms with E-state index in [4.69, 9.17) is 18.9 Å². The van der Waals surface area contributed by atoms with Crippen LogP contribution in [0.1, 0.15) is 37.2 Å². The van der Waals surface area contributed by atoms with Gasteiger partial charge in [-0.1, -0.05) is 24.3 Å². The second-order valence-electron chi connectivity index (χ2n) is 6.32. The lowest BCUT2D eigenvalue weighted by atomic mass is 9.78. The van der Waals surface area contributed by atoms with Crippen LogP contribution in [0.15, 0.2) is 46.8 Å². The molecule has 0 atom stereocenters. The molecule has 1 fully saturated rings. The van der Waals surface area contributed by atoms with E-state index in [9.17, 15) is 9.59 Å². The maximum Gasteiger partial charge on any atom is 0.336 e. The summed E-state index contributed by atoms with van der Waals surface area (Å²) in [5, 5.41) is 3.09. The summed E-state index contributed by atoms with van der Waals surface area (Å²) in [6.45, 7) is 4.54. The summed E-state index contributed by atoms with van der Waals surface area (Å²) in [6, 6.07) is 7.46. The molecule has 0 unspecified atom stereocenters. The van der Waals surface area contributed by atoms with Crippen LogP contribution >= 0.6 is 0 Å². The highest BCUT2D eigenvalue weighted by atomic mass is 16.7. The predicted octanol–water partition coefficient (Wildman–Crippen LogP) is 2.31. The first-order valence-electron chi connectivity index (χ1n) is 8.66. The predicted molar refractivity (Wildman–Crippen MR) is 96.4 cm³/mol. The van der Waals surface area contributed by atoms with Crippen molar-refractivity contribution >= 4 is 11.9 Å². The molecule has 7 heteroatoms. The monoisotopic (exact) mass is 373 g/mol. The van der Waals surface area contributed by atoms with E-state index in [2.05, 4.69) is 5.32 Å². The van der Waals surface area contributed by atoms with E-state index in [0.717, 1.165) is 11.1 Å². The molecule has 2 heterocycles. The van der Waals surface area contributed by atoms with E-state index in [1.54, 1.807) is 13.8 Å². The SMILES string of the molecule is COC(=O)C1=C(C)NC(C)=C(C(=O)OC)C1c1ccccc1C1OCCO1. The van der Waals surface area contributed by atoms with Gasteiger partial charge in [0.1, 0.15) is 0 Å². The van der Waals surface area contributed by atoms with Gasteiger partial charge in [-0.15, -0.1) is 0 Å². The number of rotatable bonds is 4. The molecule has 27 heavy (non-hydrogen) atoms. The van der Waals surface area contributed by atoms with Crippen LogP contribution in [0, 0.1) is 0 Å². The zero-order valence-electron chi connectivity index (χ0n) is 15.8. The summed E-state index contributed by atoms with van der Waals surface area (Å²) in [5.74, 6) is -1.68. The third kappa shape index (κ3) is 3.48. The lowest BCUT2D eigenvalue weighted by Crippen LogP contribution is -2.32. The van der Waals surface area contributed by atoms with Crippen molar-refractivity contribution in [2.45, 2.75) is 26.1 Å². The summed E-state index contributed by atoms with van der Waals surface area (Å²) >= 11 is 0. The lowest BCUT2D eigenvalue weighted by Gasteiger charge is -2.31. The van der Waals surface area contributed by atoms with Crippen molar-refractivity contribution in [3.8, 4) is 0 Å². The van der Waals surface area contributed by atoms with Gasteiger partial charge in [0.2, 0.25) is 0 Å². The van der Waals surface area contributed by atoms with Crippen LogP contribution in [0.3, 0.4) is 0 Å². The summed E-state index contributed by atoms with van der Waals surface area (Å²) in [5.41, 5.74) is 3.47. The normalized spacial score (nSPS) is 18.5. The minimum atomic E-state index is -0.657. The molecule has 7 nitrogen and oxygen atoms in total. The van der Waals surface area contributed by atoms with Gasteiger partial charge in [0.15, 0.2) is 6.29 Å². The number of dihydropyridines is 1. The van der Waals surface area contributed by atoms with Crippen molar-refractivity contribution in [2.24, 2.45) is 0 Å². The summed E-state index contributed by atoms with van der Waals surface area (Å²) in [4.78, 5) is 25.2. The maximum absolute atomic E-state index is 12.6. The van der Waals surface area contributed by atoms with Gasteiger partial charge in [0.05, 0.1) is 44.5 Å². The fraction of sp³-hybridized carbons (Fsp3) is 0.400. The molecule has 2 aliphatic rings. The van der Waals surface area contributed by atoms with Crippen molar-refractivity contribution in [1.29, 1.82) is 0 Å². The van der Waals surface area contributed by atoms with Crippen LogP contribution < -0.4 is 5.32 Å². The fourth-order valence-electron chi connectivity index (χ4n) is 3.59. The molecule has 1 aromatic rings. The summed E-state index contributed by atoms with van der Waals surface area (Å²) in [6.07, 6.45) is -0.547. The number of carbonyl (C=O) groups excluding carboxylic acids is 2. The van der Waals surface area contributed by atoms with E-state index < -0.39 is 24.1 Å². The molecule has 0 aromatic heterocycles. The number of methoxy groups -OCH3 is 2. The van der Waals surface area contributed by atoms with Gasteiger partial charge in [-0.2, -0.15) is 0 Å². The number of hydrogen-bond acceptors (Lipinski definition) is 7. The van der Waals surface area contributed by atoms with Crippen LogP contribution in [0.5, 0.6) is 0 Å². The molecule has 1 saturated heterocycles. The third-order valence-electron chi connectivity index (χ3n) is 4.75. The van der Waals surface area contributed by atoms with E-state index in [0.29, 0.717) is 35.8 Å². The average molecular weight is 373 g/mol. The van der Waals surface area contributed by atoms with Crippen LogP contribution in [-0.2, 0) is 28.5 Å². The Morgan fingerprint density at radius 3 is 1.89 bits per heavy atom. The molecule has 3 rings (SSSR count). The van der Waals surface area contributed by atoms with Crippen LogP contribution in [-0.4, -0.2) is 39.4 Å². The highest BCUT2D eigenvalue weighted by Gasteiger charge is 2.39. The van der Waals surface area contributed by atoms with Gasteiger partial charge in [-0.25, -0.2) is 9.59 Å². The lowest BCUT2D eigenvalue weighted by molar-refractivity contribution is -0.137. The first-order valence-corrected chi connectivity index (χ1v) is 8.66. The second-order valence-corrected chi connectivity index (χ2v) is 6.32. The fourth-order valence-corrected chi connectivity index (χ4v) is 3.59. The van der Waals surface area contributed by atoms with Crippen molar-refractivity contribution in [2.75, 3.05) is 27.4 Å². The number of carbonyl (C=O) groups is 2. The molecule has 0 radical (unpaired) electrons. The molecule has 1 aromatic carbocycles. The van der Waals surface area contributed by atoms with Gasteiger partial charge in [0.25, 0.3) is 0 Å². The standard InChI is InChI=1S/C20H23NO6/c1-11-15(18(22)24-3)17(16(12(2)21-11)19(23)25-4)13-7-5-6-8-14(13)20-26-9-10-27-20/h5-8,17,20-21H,9-10H2,1-4H3. The molecular weight excluding hydrogens is 350 g/mol. The number of hydrogen-bond donors (Lipinski definition) is 1. The Hall–Kier alpha value is -2.64. The molecule has 0 aliphatic carbocycles. The number of allylic oxidation sites excluding steroid dienone is 2. The third-order valence-corrected chi connectivity index (χ3v) is 4.75. The Balaban J connectivity index is 2.22. The molecule has 0 amide bonds. The van der Waals surface area contributed by atoms with Gasteiger partial charge < -0.3 is 24.3 Å². The molecule has 1 N–H and O–H groups in total. The van der Waals surface area contributed by atoms with Crippen molar-refractivity contribution < 1.29 is 28.5 Å². The van der Waals surface area contributed by atoms with E-state index in [-0.39, 0.29) is 0 Å². The van der Waals surface area contributed by atoms with Crippen molar-refractivity contribution in [3.05, 3.63) is 57.9 Å². The molecular formula is C20H23NO6. The Morgan fingerprint density at radius 1 is 0.926 bits per heavy atom. The topological polar surface area (TPSA) is 83.1 Å². The second kappa shape index (κ2) is 7.94. The Bertz CT molecular complexity index is 782. The Morgan fingerprint density at radius 2 is 1.41 bits per heavy atom. The molecule has 0 bridgehead atoms. The van der Waals surface area contributed by atoms with E-state index in [1.165, 1.54) is 14.2 Å². The minimum absolute atomic E-state index is 0.356. The zero-order valence-corrected chi connectivity index (χ0v) is 15.8. The van der Waals surface area contributed by atoms with Crippen molar-refractivity contribution in [1.82, 2.24) is 5.32 Å². The minimum Gasteiger partial charge on any atom is -0.466 e. The summed E-state index contributed by atoms with van der Waals surface area (Å²) < 4.78 is 21.3. The first kappa shape index (κ1) is 19.1. The van der Waals surface area contributed by atoms with Gasteiger partial charge in [0, 0.05) is 17.0 Å². The van der Waals surface area contributed by atoms with Gasteiger partial charge in [-0.3, -0.25) is 0 Å². The molecule has 0 saturated carbocycles. The first-order chi connectivity index (χ1) is 13.0. The van der Waals surface area contributed by atoms with Crippen LogP contribution in [0.25, 0.3) is 0 Å². The van der Waals surface area contributed by atoms with Crippen molar-refractivity contribution in [3.63, 3.8) is 0 Å². The highest BCUT2D eigenvalue weighted by Crippen LogP contribution is 2.42. The number of esters is 2. The summed E-state index contributed by atoms with van der Waals surface area (Å²) in [7, 11) is 2.63. The maximum atomic E-state index is 12.6.